The SMILES string of the molecule is O=C(CCc1ccccc1)Nc1ccc(Br)cc1Cl. The van der Waals surface area contributed by atoms with Gasteiger partial charge in [-0.3, -0.25) is 4.79 Å². The minimum absolute atomic E-state index is 0.0342. The zero-order chi connectivity index (χ0) is 13.7. The fourth-order valence-electron chi connectivity index (χ4n) is 1.71. The topological polar surface area (TPSA) is 29.1 Å². The monoisotopic (exact) mass is 337 g/mol. The summed E-state index contributed by atoms with van der Waals surface area (Å²) >= 11 is 9.37. The number of hydrogen-bond acceptors (Lipinski definition) is 1. The van der Waals surface area contributed by atoms with Crippen molar-refractivity contribution in [3.8, 4) is 0 Å². The Kier molecular flexibility index (Phi) is 5.00. The molecule has 2 nitrogen and oxygen atoms in total. The lowest BCUT2D eigenvalue weighted by Crippen LogP contribution is -2.12. The lowest BCUT2D eigenvalue weighted by Gasteiger charge is -2.07. The fraction of sp³-hybridized carbons (Fsp3) is 0.133. The second-order valence-electron chi connectivity index (χ2n) is 4.16. The molecular formula is C15H13BrClNO. The van der Waals surface area contributed by atoms with Crippen LogP contribution in [0, 0.1) is 0 Å². The number of benzene rings is 2. The van der Waals surface area contributed by atoms with E-state index in [9.17, 15) is 4.79 Å². The molecule has 0 unspecified atom stereocenters. The zero-order valence-electron chi connectivity index (χ0n) is 10.2. The highest BCUT2D eigenvalue weighted by molar-refractivity contribution is 9.10. The quantitative estimate of drug-likeness (QED) is 0.862. The first-order chi connectivity index (χ1) is 9.15. The maximum absolute atomic E-state index is 11.8. The van der Waals surface area contributed by atoms with Crippen LogP contribution in [0.15, 0.2) is 53.0 Å². The molecule has 0 aliphatic heterocycles. The number of rotatable bonds is 4. The summed E-state index contributed by atoms with van der Waals surface area (Å²) in [6, 6.07) is 15.3. The number of halogens is 2. The first-order valence-electron chi connectivity index (χ1n) is 5.94. The molecule has 0 saturated carbocycles. The Bertz CT molecular complexity index is 572. The third-order valence-electron chi connectivity index (χ3n) is 2.69. The maximum Gasteiger partial charge on any atom is 0.224 e. The molecule has 0 saturated heterocycles. The summed E-state index contributed by atoms with van der Waals surface area (Å²) in [5, 5.41) is 3.35. The van der Waals surface area contributed by atoms with Crippen molar-refractivity contribution in [3.05, 3.63) is 63.6 Å². The van der Waals surface area contributed by atoms with Gasteiger partial charge in [-0.05, 0) is 30.2 Å². The highest BCUT2D eigenvalue weighted by Crippen LogP contribution is 2.25. The van der Waals surface area contributed by atoms with Crippen molar-refractivity contribution in [2.75, 3.05) is 5.32 Å². The van der Waals surface area contributed by atoms with Gasteiger partial charge in [-0.1, -0.05) is 57.9 Å². The minimum atomic E-state index is -0.0342. The molecule has 0 heterocycles. The lowest BCUT2D eigenvalue weighted by molar-refractivity contribution is -0.116. The Hall–Kier alpha value is -1.32. The van der Waals surface area contributed by atoms with Gasteiger partial charge in [0.1, 0.15) is 0 Å². The lowest BCUT2D eigenvalue weighted by atomic mass is 10.1. The van der Waals surface area contributed by atoms with Crippen molar-refractivity contribution < 1.29 is 4.79 Å². The Balaban J connectivity index is 1.91. The molecule has 1 N–H and O–H groups in total. The van der Waals surface area contributed by atoms with E-state index in [-0.39, 0.29) is 5.91 Å². The van der Waals surface area contributed by atoms with Gasteiger partial charge in [-0.25, -0.2) is 0 Å². The van der Waals surface area contributed by atoms with E-state index >= 15 is 0 Å². The van der Waals surface area contributed by atoms with Crippen LogP contribution in [0.4, 0.5) is 5.69 Å². The van der Waals surface area contributed by atoms with Crippen LogP contribution < -0.4 is 5.32 Å². The standard InChI is InChI=1S/C15H13BrClNO/c16-12-7-8-14(13(17)10-12)18-15(19)9-6-11-4-2-1-3-5-11/h1-5,7-8,10H,6,9H2,(H,18,19). The molecule has 1 amide bonds. The molecule has 2 aromatic carbocycles. The number of nitrogens with one attached hydrogen (secondary N) is 1. The Labute approximate surface area is 125 Å². The molecule has 2 rings (SSSR count). The summed E-state index contributed by atoms with van der Waals surface area (Å²) < 4.78 is 0.889. The summed E-state index contributed by atoms with van der Waals surface area (Å²) in [7, 11) is 0. The Morgan fingerprint density at radius 1 is 1.16 bits per heavy atom. The number of aryl methyl sites for hydroxylation is 1. The molecule has 0 spiro atoms. The van der Waals surface area contributed by atoms with Gasteiger partial charge in [0.25, 0.3) is 0 Å². The number of hydrogen-bond donors (Lipinski definition) is 1. The van der Waals surface area contributed by atoms with E-state index in [1.165, 1.54) is 0 Å². The molecular weight excluding hydrogens is 326 g/mol. The second kappa shape index (κ2) is 6.73. The van der Waals surface area contributed by atoms with E-state index in [2.05, 4.69) is 21.2 Å². The average Bonchev–Trinajstić information content (AvgIpc) is 2.41. The third kappa shape index (κ3) is 4.37. The summed E-state index contributed by atoms with van der Waals surface area (Å²) in [6.07, 6.45) is 1.16. The molecule has 0 fully saturated rings. The zero-order valence-corrected chi connectivity index (χ0v) is 12.5. The summed E-state index contributed by atoms with van der Waals surface area (Å²) in [6.45, 7) is 0. The van der Waals surface area contributed by atoms with Crippen molar-refractivity contribution in [2.45, 2.75) is 12.8 Å². The first-order valence-corrected chi connectivity index (χ1v) is 7.11. The van der Waals surface area contributed by atoms with Crippen LogP contribution in [-0.4, -0.2) is 5.91 Å². The van der Waals surface area contributed by atoms with Crippen molar-refractivity contribution in [2.24, 2.45) is 0 Å². The smallest absolute Gasteiger partial charge is 0.224 e. The minimum Gasteiger partial charge on any atom is -0.325 e. The van der Waals surface area contributed by atoms with Crippen LogP contribution in [0.3, 0.4) is 0 Å². The highest BCUT2D eigenvalue weighted by Gasteiger charge is 2.06. The molecule has 0 aromatic heterocycles. The van der Waals surface area contributed by atoms with Crippen LogP contribution in [0.5, 0.6) is 0 Å². The molecule has 4 heteroatoms. The average molecular weight is 339 g/mol. The van der Waals surface area contributed by atoms with Gasteiger partial charge in [0, 0.05) is 10.9 Å². The number of carbonyl (C=O) groups excluding carboxylic acids is 1. The van der Waals surface area contributed by atoms with E-state index in [1.54, 1.807) is 12.1 Å². The molecule has 19 heavy (non-hydrogen) atoms. The van der Waals surface area contributed by atoms with E-state index < -0.39 is 0 Å². The van der Waals surface area contributed by atoms with Gasteiger partial charge in [-0.2, -0.15) is 0 Å². The molecule has 0 aliphatic rings. The number of carbonyl (C=O) groups is 1. The van der Waals surface area contributed by atoms with Gasteiger partial charge in [0.2, 0.25) is 5.91 Å². The Morgan fingerprint density at radius 3 is 2.58 bits per heavy atom. The van der Waals surface area contributed by atoms with Crippen LogP contribution in [0.25, 0.3) is 0 Å². The van der Waals surface area contributed by atoms with E-state index in [0.717, 1.165) is 16.5 Å². The van der Waals surface area contributed by atoms with Gasteiger partial charge in [-0.15, -0.1) is 0 Å². The van der Waals surface area contributed by atoms with Crippen molar-refractivity contribution in [1.29, 1.82) is 0 Å². The normalized spacial score (nSPS) is 10.2. The number of amides is 1. The third-order valence-corrected chi connectivity index (χ3v) is 3.49. The highest BCUT2D eigenvalue weighted by atomic mass is 79.9. The van der Waals surface area contributed by atoms with Crippen molar-refractivity contribution >= 4 is 39.1 Å². The predicted octanol–water partition coefficient (Wildman–Crippen LogP) is 4.67. The number of anilines is 1. The molecule has 0 atom stereocenters. The molecule has 0 radical (unpaired) electrons. The molecule has 0 bridgehead atoms. The van der Waals surface area contributed by atoms with Crippen molar-refractivity contribution in [1.82, 2.24) is 0 Å². The summed E-state index contributed by atoms with van der Waals surface area (Å²) in [5.41, 5.74) is 1.79. The second-order valence-corrected chi connectivity index (χ2v) is 5.48. The molecule has 2 aromatic rings. The largest absolute Gasteiger partial charge is 0.325 e. The van der Waals surface area contributed by atoms with Gasteiger partial charge in [0.05, 0.1) is 10.7 Å². The van der Waals surface area contributed by atoms with Gasteiger partial charge < -0.3 is 5.32 Å². The van der Waals surface area contributed by atoms with Gasteiger partial charge >= 0.3 is 0 Å². The van der Waals surface area contributed by atoms with Gasteiger partial charge in [0.15, 0.2) is 0 Å². The predicted molar refractivity (Wildman–Crippen MR) is 82.5 cm³/mol. The Morgan fingerprint density at radius 2 is 1.89 bits per heavy atom. The van der Waals surface area contributed by atoms with Crippen LogP contribution in [-0.2, 0) is 11.2 Å². The van der Waals surface area contributed by atoms with E-state index in [1.807, 2.05) is 36.4 Å². The summed E-state index contributed by atoms with van der Waals surface area (Å²) in [5.74, 6) is -0.0342. The van der Waals surface area contributed by atoms with E-state index in [4.69, 9.17) is 11.6 Å². The maximum atomic E-state index is 11.8. The molecule has 98 valence electrons. The van der Waals surface area contributed by atoms with E-state index in [0.29, 0.717) is 17.1 Å². The van der Waals surface area contributed by atoms with Crippen LogP contribution in [0.1, 0.15) is 12.0 Å². The fourth-order valence-corrected chi connectivity index (χ4v) is 2.43. The van der Waals surface area contributed by atoms with Crippen molar-refractivity contribution in [3.63, 3.8) is 0 Å². The van der Waals surface area contributed by atoms with Crippen LogP contribution in [0.2, 0.25) is 5.02 Å². The first kappa shape index (κ1) is 14.1. The molecule has 0 aliphatic carbocycles. The summed E-state index contributed by atoms with van der Waals surface area (Å²) in [4.78, 5) is 11.8. The van der Waals surface area contributed by atoms with Crippen LogP contribution >= 0.6 is 27.5 Å².